The van der Waals surface area contributed by atoms with Crippen LogP contribution in [0.3, 0.4) is 0 Å². The predicted octanol–water partition coefficient (Wildman–Crippen LogP) is -2.11. The molecule has 10 N–H and O–H groups in total. The van der Waals surface area contributed by atoms with Gasteiger partial charge in [0.15, 0.2) is 0 Å². The van der Waals surface area contributed by atoms with Crippen LogP contribution in [0, 0.1) is 5.92 Å². The standard InChI is InChI=1S/C21H35N5O10/c1-10(2)9-14(21(35)36)26-20(34)13(5-8-17(30)31)25-19(33)12(4-6-15(23)27)24-18(32)11(22)3-7-16(28)29/h10-14H,3-9,22H2,1-2H3,(H2,23,27)(H,24,32)(H,25,33)(H,26,34)(H,28,29)(H,30,31)(H,35,36). The maximum absolute atomic E-state index is 12.9. The van der Waals surface area contributed by atoms with Gasteiger partial charge in [-0.25, -0.2) is 4.79 Å². The molecule has 0 radical (unpaired) electrons. The number of amides is 4. The number of aliphatic carboxylic acids is 3. The summed E-state index contributed by atoms with van der Waals surface area (Å²) in [7, 11) is 0. The first-order valence-electron chi connectivity index (χ1n) is 11.2. The van der Waals surface area contributed by atoms with Gasteiger partial charge in [0.25, 0.3) is 0 Å². The van der Waals surface area contributed by atoms with Crippen LogP contribution in [0.2, 0.25) is 0 Å². The number of hydrogen-bond donors (Lipinski definition) is 8. The predicted molar refractivity (Wildman–Crippen MR) is 123 cm³/mol. The van der Waals surface area contributed by atoms with Crippen LogP contribution in [0.4, 0.5) is 0 Å². The third-order valence-corrected chi connectivity index (χ3v) is 4.92. The maximum Gasteiger partial charge on any atom is 0.326 e. The number of hydrogen-bond acceptors (Lipinski definition) is 8. The second-order valence-electron chi connectivity index (χ2n) is 8.63. The number of carbonyl (C=O) groups excluding carboxylic acids is 4. The Hall–Kier alpha value is -3.75. The van der Waals surface area contributed by atoms with Gasteiger partial charge in [0.05, 0.1) is 6.04 Å². The van der Waals surface area contributed by atoms with Crippen molar-refractivity contribution in [3.05, 3.63) is 0 Å². The summed E-state index contributed by atoms with van der Waals surface area (Å²) in [6.45, 7) is 3.47. The van der Waals surface area contributed by atoms with E-state index in [0.717, 1.165) is 0 Å². The van der Waals surface area contributed by atoms with E-state index in [1.807, 2.05) is 0 Å². The number of nitrogens with one attached hydrogen (secondary N) is 3. The number of carbonyl (C=O) groups is 7. The third-order valence-electron chi connectivity index (χ3n) is 4.92. The second-order valence-corrected chi connectivity index (χ2v) is 8.63. The molecular formula is C21H35N5O10. The molecule has 0 aliphatic rings. The van der Waals surface area contributed by atoms with Gasteiger partial charge in [-0.05, 0) is 31.6 Å². The van der Waals surface area contributed by atoms with E-state index in [4.69, 9.17) is 21.7 Å². The monoisotopic (exact) mass is 517 g/mol. The van der Waals surface area contributed by atoms with E-state index in [1.165, 1.54) is 0 Å². The van der Waals surface area contributed by atoms with Crippen LogP contribution >= 0.6 is 0 Å². The molecule has 36 heavy (non-hydrogen) atoms. The molecule has 0 aromatic rings. The zero-order valence-electron chi connectivity index (χ0n) is 20.2. The summed E-state index contributed by atoms with van der Waals surface area (Å²) in [5.41, 5.74) is 10.7. The molecule has 0 aromatic heterocycles. The molecule has 4 unspecified atom stereocenters. The Bertz CT molecular complexity index is 832. The Balaban J connectivity index is 5.63. The highest BCUT2D eigenvalue weighted by molar-refractivity contribution is 5.94. The van der Waals surface area contributed by atoms with Crippen LogP contribution in [0.25, 0.3) is 0 Å². The summed E-state index contributed by atoms with van der Waals surface area (Å²) >= 11 is 0. The molecule has 15 nitrogen and oxygen atoms in total. The summed E-state index contributed by atoms with van der Waals surface area (Å²) in [5, 5.41) is 33.9. The van der Waals surface area contributed by atoms with Crippen molar-refractivity contribution in [1.29, 1.82) is 0 Å². The quantitative estimate of drug-likeness (QED) is 0.0974. The van der Waals surface area contributed by atoms with E-state index < -0.39 is 85.0 Å². The highest BCUT2D eigenvalue weighted by atomic mass is 16.4. The van der Waals surface area contributed by atoms with Crippen molar-refractivity contribution < 1.29 is 48.9 Å². The smallest absolute Gasteiger partial charge is 0.326 e. The molecule has 0 aliphatic carbocycles. The molecule has 4 atom stereocenters. The van der Waals surface area contributed by atoms with E-state index in [-0.39, 0.29) is 31.6 Å². The van der Waals surface area contributed by atoms with Gasteiger partial charge in [-0.2, -0.15) is 0 Å². The van der Waals surface area contributed by atoms with E-state index in [1.54, 1.807) is 13.8 Å². The summed E-state index contributed by atoms with van der Waals surface area (Å²) in [6.07, 6.45) is -2.14. The van der Waals surface area contributed by atoms with E-state index in [2.05, 4.69) is 16.0 Å². The minimum absolute atomic E-state index is 0.0756. The number of primary amides is 1. The average Bonchev–Trinajstić information content (AvgIpc) is 2.75. The van der Waals surface area contributed by atoms with E-state index in [0.29, 0.717) is 0 Å². The van der Waals surface area contributed by atoms with Crippen LogP contribution in [0.1, 0.15) is 58.8 Å². The SMILES string of the molecule is CC(C)CC(NC(=O)C(CCC(=O)O)NC(=O)C(CCC(N)=O)NC(=O)C(N)CCC(=O)O)C(=O)O. The zero-order chi connectivity index (χ0) is 28.0. The molecule has 0 aliphatic heterocycles. The fraction of sp³-hybridized carbons (Fsp3) is 0.667. The van der Waals surface area contributed by atoms with Crippen molar-refractivity contribution in [1.82, 2.24) is 16.0 Å². The molecule has 204 valence electrons. The molecular weight excluding hydrogens is 482 g/mol. The van der Waals surface area contributed by atoms with Gasteiger partial charge in [0.2, 0.25) is 23.6 Å². The summed E-state index contributed by atoms with van der Waals surface area (Å²) in [5.74, 6) is -7.50. The first-order valence-corrected chi connectivity index (χ1v) is 11.2. The van der Waals surface area contributed by atoms with Crippen molar-refractivity contribution in [3.8, 4) is 0 Å². The molecule has 0 fully saturated rings. The van der Waals surface area contributed by atoms with Gasteiger partial charge in [0.1, 0.15) is 18.1 Å². The Morgan fingerprint density at radius 3 is 1.50 bits per heavy atom. The minimum atomic E-state index is -1.48. The fourth-order valence-electron chi connectivity index (χ4n) is 3.02. The molecule has 15 heteroatoms. The highest BCUT2D eigenvalue weighted by Crippen LogP contribution is 2.08. The van der Waals surface area contributed by atoms with Crippen LogP contribution in [0.5, 0.6) is 0 Å². The van der Waals surface area contributed by atoms with Gasteiger partial charge in [-0.1, -0.05) is 13.8 Å². The first kappa shape index (κ1) is 32.2. The highest BCUT2D eigenvalue weighted by Gasteiger charge is 2.31. The van der Waals surface area contributed by atoms with Crippen molar-refractivity contribution in [3.63, 3.8) is 0 Å². The first-order chi connectivity index (χ1) is 16.6. The Labute approximate surface area is 207 Å². The lowest BCUT2D eigenvalue weighted by Gasteiger charge is -2.25. The normalized spacial score (nSPS) is 14.1. The summed E-state index contributed by atoms with van der Waals surface area (Å²) in [4.78, 5) is 82.3. The number of carboxylic acids is 3. The number of rotatable bonds is 18. The summed E-state index contributed by atoms with van der Waals surface area (Å²) < 4.78 is 0. The Morgan fingerprint density at radius 1 is 0.667 bits per heavy atom. The van der Waals surface area contributed by atoms with Crippen LogP contribution in [-0.2, 0) is 33.6 Å². The minimum Gasteiger partial charge on any atom is -0.481 e. The Morgan fingerprint density at radius 2 is 1.08 bits per heavy atom. The van der Waals surface area contributed by atoms with Crippen molar-refractivity contribution in [2.24, 2.45) is 17.4 Å². The molecule has 0 bridgehead atoms. The van der Waals surface area contributed by atoms with Gasteiger partial charge < -0.3 is 42.7 Å². The lowest BCUT2D eigenvalue weighted by Crippen LogP contribution is -2.57. The fourth-order valence-corrected chi connectivity index (χ4v) is 3.02. The number of nitrogens with two attached hydrogens (primary N) is 2. The number of carboxylic acid groups (broad SMARTS) is 3. The Kier molecular flexibility index (Phi) is 14.4. The molecule has 0 heterocycles. The molecule has 4 amide bonds. The maximum atomic E-state index is 12.9. The average molecular weight is 518 g/mol. The van der Waals surface area contributed by atoms with E-state index in [9.17, 15) is 38.7 Å². The summed E-state index contributed by atoms with van der Waals surface area (Å²) in [6, 6.07) is -5.48. The molecule has 0 rings (SSSR count). The largest absolute Gasteiger partial charge is 0.481 e. The van der Waals surface area contributed by atoms with Crippen LogP contribution in [-0.4, -0.2) is 81.0 Å². The van der Waals surface area contributed by atoms with Crippen molar-refractivity contribution >= 4 is 41.5 Å². The lowest BCUT2D eigenvalue weighted by atomic mass is 10.0. The van der Waals surface area contributed by atoms with Crippen molar-refractivity contribution in [2.45, 2.75) is 83.0 Å². The van der Waals surface area contributed by atoms with Gasteiger partial charge in [0, 0.05) is 19.3 Å². The van der Waals surface area contributed by atoms with Crippen LogP contribution in [0.15, 0.2) is 0 Å². The molecule has 0 aromatic carbocycles. The lowest BCUT2D eigenvalue weighted by molar-refractivity contribution is -0.143. The second kappa shape index (κ2) is 16.0. The van der Waals surface area contributed by atoms with Crippen molar-refractivity contribution in [2.75, 3.05) is 0 Å². The zero-order valence-corrected chi connectivity index (χ0v) is 20.2. The molecule has 0 saturated carbocycles. The third kappa shape index (κ3) is 13.8. The van der Waals surface area contributed by atoms with Gasteiger partial charge in [-0.15, -0.1) is 0 Å². The van der Waals surface area contributed by atoms with E-state index >= 15 is 0 Å². The van der Waals surface area contributed by atoms with Gasteiger partial charge >= 0.3 is 17.9 Å². The topological polar surface area (TPSA) is 268 Å². The van der Waals surface area contributed by atoms with Gasteiger partial charge in [-0.3, -0.25) is 28.8 Å². The molecule has 0 spiro atoms. The molecule has 0 saturated heterocycles. The van der Waals surface area contributed by atoms with Crippen LogP contribution < -0.4 is 27.4 Å².